The van der Waals surface area contributed by atoms with Gasteiger partial charge in [-0.2, -0.15) is 0 Å². The number of nitrogens with one attached hydrogen (secondary N) is 1. The van der Waals surface area contributed by atoms with Crippen molar-refractivity contribution in [2.45, 2.75) is 37.5 Å². The molecule has 1 unspecified atom stereocenters. The summed E-state index contributed by atoms with van der Waals surface area (Å²) >= 11 is 0. The van der Waals surface area contributed by atoms with E-state index in [9.17, 15) is 15.3 Å². The highest BCUT2D eigenvalue weighted by atomic mass is 16.6. The molecule has 3 heterocycles. The summed E-state index contributed by atoms with van der Waals surface area (Å²) < 4.78 is 7.13. The Hall–Kier alpha value is -2.63. The maximum absolute atomic E-state index is 10.3. The Morgan fingerprint density at radius 3 is 2.62 bits per heavy atom. The Kier molecular flexibility index (Phi) is 5.69. The monoisotopic (exact) mass is 400 g/mol. The van der Waals surface area contributed by atoms with Crippen LogP contribution >= 0.6 is 0 Å². The van der Waals surface area contributed by atoms with Crippen LogP contribution in [0.25, 0.3) is 11.2 Å². The molecule has 0 bridgehead atoms. The van der Waals surface area contributed by atoms with E-state index in [4.69, 9.17) is 10.5 Å². The maximum atomic E-state index is 10.3. The first-order chi connectivity index (χ1) is 14.1. The summed E-state index contributed by atoms with van der Waals surface area (Å²) in [6, 6.07) is 10.1. The summed E-state index contributed by atoms with van der Waals surface area (Å²) in [4.78, 5) is 13.2. The number of ether oxygens (including phenoxy) is 1. The molecule has 154 valence electrons. The molecule has 0 saturated carbocycles. The van der Waals surface area contributed by atoms with Gasteiger partial charge in [-0.25, -0.2) is 15.0 Å². The predicted molar refractivity (Wildman–Crippen MR) is 105 cm³/mol. The standard InChI is InChI=1S/C19H24N6O4/c20-8-13-23-17(21-7-6-11-4-2-1-3-5-11)14-18(24-13)25(10-22-14)19-16(28)15(27)12(9-26)29-19/h1-5,10,12,15-16,19,26-28H,6-9,20H2,(H,21,23,24)/t12-,15-,16-,19?/m1/s1. The highest BCUT2D eigenvalue weighted by Gasteiger charge is 2.44. The summed E-state index contributed by atoms with van der Waals surface area (Å²) in [6.07, 6.45) is -1.96. The summed E-state index contributed by atoms with van der Waals surface area (Å²) in [5.41, 5.74) is 7.89. The first-order valence-corrected chi connectivity index (χ1v) is 9.46. The molecule has 1 saturated heterocycles. The molecule has 3 aromatic rings. The van der Waals surface area contributed by atoms with Crippen molar-refractivity contribution in [3.8, 4) is 0 Å². The van der Waals surface area contributed by atoms with E-state index in [-0.39, 0.29) is 6.54 Å². The fraction of sp³-hybridized carbons (Fsp3) is 0.421. The van der Waals surface area contributed by atoms with Gasteiger partial charge in [0.2, 0.25) is 0 Å². The van der Waals surface area contributed by atoms with Crippen LogP contribution in [-0.4, -0.2) is 66.3 Å². The number of fused-ring (bicyclic) bond motifs is 1. The first kappa shape index (κ1) is 19.7. The van der Waals surface area contributed by atoms with Crippen molar-refractivity contribution in [3.05, 3.63) is 48.0 Å². The van der Waals surface area contributed by atoms with Crippen LogP contribution in [0.2, 0.25) is 0 Å². The number of hydrogen-bond acceptors (Lipinski definition) is 9. The number of aliphatic hydroxyl groups is 3. The minimum absolute atomic E-state index is 0.129. The van der Waals surface area contributed by atoms with Crippen molar-refractivity contribution in [2.75, 3.05) is 18.5 Å². The molecule has 10 heteroatoms. The van der Waals surface area contributed by atoms with Crippen LogP contribution in [0, 0.1) is 0 Å². The molecule has 10 nitrogen and oxygen atoms in total. The highest BCUT2D eigenvalue weighted by Crippen LogP contribution is 2.32. The Morgan fingerprint density at radius 1 is 1.14 bits per heavy atom. The lowest BCUT2D eigenvalue weighted by molar-refractivity contribution is -0.0511. The molecule has 4 rings (SSSR count). The van der Waals surface area contributed by atoms with Crippen LogP contribution < -0.4 is 11.1 Å². The van der Waals surface area contributed by atoms with E-state index in [2.05, 4.69) is 32.4 Å². The zero-order valence-electron chi connectivity index (χ0n) is 15.7. The normalized spacial score (nSPS) is 24.3. The number of benzene rings is 1. The molecule has 0 aliphatic carbocycles. The van der Waals surface area contributed by atoms with E-state index in [0.717, 1.165) is 6.42 Å². The van der Waals surface area contributed by atoms with Crippen LogP contribution in [-0.2, 0) is 17.7 Å². The number of nitrogens with zero attached hydrogens (tertiary/aromatic N) is 4. The van der Waals surface area contributed by atoms with Crippen LogP contribution in [0.1, 0.15) is 17.6 Å². The molecule has 1 aliphatic rings. The van der Waals surface area contributed by atoms with Crippen molar-refractivity contribution >= 4 is 17.0 Å². The van der Waals surface area contributed by atoms with Crippen LogP contribution in [0.4, 0.5) is 5.82 Å². The molecule has 6 N–H and O–H groups in total. The molecular formula is C19H24N6O4. The van der Waals surface area contributed by atoms with Gasteiger partial charge in [-0.15, -0.1) is 0 Å². The molecule has 29 heavy (non-hydrogen) atoms. The zero-order chi connectivity index (χ0) is 20.4. The van der Waals surface area contributed by atoms with E-state index in [1.807, 2.05) is 18.2 Å². The summed E-state index contributed by atoms with van der Waals surface area (Å²) in [5.74, 6) is 0.949. The summed E-state index contributed by atoms with van der Waals surface area (Å²) in [5, 5.41) is 33.0. The van der Waals surface area contributed by atoms with Gasteiger partial charge >= 0.3 is 0 Å². The molecule has 0 amide bonds. The Balaban J connectivity index is 1.61. The van der Waals surface area contributed by atoms with Crippen LogP contribution in [0.5, 0.6) is 0 Å². The second-order valence-corrected chi connectivity index (χ2v) is 6.91. The third-order valence-electron chi connectivity index (χ3n) is 4.99. The van der Waals surface area contributed by atoms with Crippen molar-refractivity contribution in [3.63, 3.8) is 0 Å². The third kappa shape index (κ3) is 3.80. The van der Waals surface area contributed by atoms with Crippen LogP contribution in [0.15, 0.2) is 36.7 Å². The first-order valence-electron chi connectivity index (χ1n) is 9.46. The van der Waals surface area contributed by atoms with E-state index < -0.39 is 31.1 Å². The van der Waals surface area contributed by atoms with Gasteiger partial charge in [-0.3, -0.25) is 4.57 Å². The second kappa shape index (κ2) is 8.39. The lowest BCUT2D eigenvalue weighted by atomic mass is 10.1. The Labute approximate surface area is 167 Å². The third-order valence-corrected chi connectivity index (χ3v) is 4.99. The zero-order valence-corrected chi connectivity index (χ0v) is 15.7. The highest BCUT2D eigenvalue weighted by molar-refractivity contribution is 5.83. The minimum Gasteiger partial charge on any atom is -0.394 e. The quantitative estimate of drug-likeness (QED) is 0.355. The van der Waals surface area contributed by atoms with Gasteiger partial charge in [-0.05, 0) is 12.0 Å². The van der Waals surface area contributed by atoms with E-state index >= 15 is 0 Å². The molecule has 1 aromatic carbocycles. The van der Waals surface area contributed by atoms with E-state index in [0.29, 0.717) is 29.4 Å². The SMILES string of the molecule is NCc1nc(NCCc2ccccc2)c2ncn(C3O[C@H](CO)[C@@H](O)[C@H]3O)c2n1. The van der Waals surface area contributed by atoms with Gasteiger partial charge in [0.25, 0.3) is 0 Å². The average molecular weight is 400 g/mol. The smallest absolute Gasteiger partial charge is 0.168 e. The molecule has 0 spiro atoms. The predicted octanol–water partition coefficient (Wildman–Crippen LogP) is -0.449. The Bertz CT molecular complexity index is 966. The second-order valence-electron chi connectivity index (χ2n) is 6.91. The molecule has 1 fully saturated rings. The van der Waals surface area contributed by atoms with Gasteiger partial charge in [0.1, 0.15) is 24.1 Å². The van der Waals surface area contributed by atoms with Crippen molar-refractivity contribution in [1.82, 2.24) is 19.5 Å². The number of imidazole rings is 1. The van der Waals surface area contributed by atoms with Crippen molar-refractivity contribution < 1.29 is 20.1 Å². The van der Waals surface area contributed by atoms with Gasteiger partial charge in [0, 0.05) is 6.54 Å². The summed E-state index contributed by atoms with van der Waals surface area (Å²) in [6.45, 7) is 0.363. The number of aromatic nitrogens is 4. The lowest BCUT2D eigenvalue weighted by Crippen LogP contribution is -2.33. The number of nitrogens with two attached hydrogens (primary N) is 1. The molecule has 2 aromatic heterocycles. The van der Waals surface area contributed by atoms with Crippen molar-refractivity contribution in [2.24, 2.45) is 5.73 Å². The molecule has 1 aliphatic heterocycles. The number of anilines is 1. The Morgan fingerprint density at radius 2 is 1.93 bits per heavy atom. The fourth-order valence-corrected chi connectivity index (χ4v) is 3.44. The van der Waals surface area contributed by atoms with Crippen LogP contribution in [0.3, 0.4) is 0 Å². The number of hydrogen-bond donors (Lipinski definition) is 5. The van der Waals surface area contributed by atoms with Gasteiger partial charge in [0.05, 0.1) is 19.5 Å². The number of rotatable bonds is 7. The maximum Gasteiger partial charge on any atom is 0.168 e. The molecule has 0 radical (unpaired) electrons. The number of aliphatic hydroxyl groups excluding tert-OH is 3. The lowest BCUT2D eigenvalue weighted by Gasteiger charge is -2.17. The largest absolute Gasteiger partial charge is 0.394 e. The molecular weight excluding hydrogens is 376 g/mol. The van der Waals surface area contributed by atoms with E-state index in [1.54, 1.807) is 0 Å². The van der Waals surface area contributed by atoms with Gasteiger partial charge in [-0.1, -0.05) is 30.3 Å². The summed E-state index contributed by atoms with van der Waals surface area (Å²) in [7, 11) is 0. The van der Waals surface area contributed by atoms with Crippen molar-refractivity contribution in [1.29, 1.82) is 0 Å². The fourth-order valence-electron chi connectivity index (χ4n) is 3.44. The van der Waals surface area contributed by atoms with Gasteiger partial charge < -0.3 is 31.1 Å². The van der Waals surface area contributed by atoms with Gasteiger partial charge in [0.15, 0.2) is 23.2 Å². The van der Waals surface area contributed by atoms with E-state index in [1.165, 1.54) is 16.5 Å². The minimum atomic E-state index is -1.23. The topological polar surface area (TPSA) is 152 Å². The average Bonchev–Trinajstić information content (AvgIpc) is 3.29. The molecule has 4 atom stereocenters.